The van der Waals surface area contributed by atoms with Crippen molar-refractivity contribution in [3.63, 3.8) is 0 Å². The van der Waals surface area contributed by atoms with Crippen molar-refractivity contribution in [2.24, 2.45) is 0 Å². The number of nitrogens with zero attached hydrogens (tertiary/aromatic N) is 4. The zero-order valence-electron chi connectivity index (χ0n) is 17.2. The normalized spacial score (nSPS) is 20.5. The number of hydrogen-bond acceptors (Lipinski definition) is 5. The van der Waals surface area contributed by atoms with Gasteiger partial charge in [0.1, 0.15) is 5.75 Å². The third-order valence-corrected chi connectivity index (χ3v) is 6.08. The Balaban J connectivity index is 1.32. The van der Waals surface area contributed by atoms with Gasteiger partial charge >= 0.3 is 0 Å². The predicted molar refractivity (Wildman–Crippen MR) is 114 cm³/mol. The highest BCUT2D eigenvalue weighted by Crippen LogP contribution is 2.29. The summed E-state index contributed by atoms with van der Waals surface area (Å²) in [4.78, 5) is 23.9. The van der Waals surface area contributed by atoms with Gasteiger partial charge in [-0.05, 0) is 36.6 Å². The Morgan fingerprint density at radius 3 is 2.69 bits per heavy atom. The highest BCUT2D eigenvalue weighted by Gasteiger charge is 2.30. The van der Waals surface area contributed by atoms with Gasteiger partial charge in [-0.3, -0.25) is 14.7 Å². The molecule has 2 aliphatic rings. The van der Waals surface area contributed by atoms with E-state index in [1.165, 1.54) is 12.1 Å². The van der Waals surface area contributed by atoms with Crippen molar-refractivity contribution in [1.29, 1.82) is 0 Å². The van der Waals surface area contributed by atoms with Crippen LogP contribution in [0.25, 0.3) is 0 Å². The minimum atomic E-state index is 0.218. The number of benzene rings is 1. The van der Waals surface area contributed by atoms with Gasteiger partial charge in [0, 0.05) is 57.7 Å². The molecule has 1 aromatic heterocycles. The monoisotopic (exact) mass is 394 g/mol. The van der Waals surface area contributed by atoms with Gasteiger partial charge in [0.15, 0.2) is 0 Å². The van der Waals surface area contributed by atoms with Gasteiger partial charge in [0.25, 0.3) is 0 Å². The zero-order chi connectivity index (χ0) is 20.1. The maximum absolute atomic E-state index is 12.8. The first-order valence-corrected chi connectivity index (χ1v) is 10.5. The van der Waals surface area contributed by atoms with Gasteiger partial charge in [0.2, 0.25) is 5.91 Å². The second kappa shape index (κ2) is 9.27. The molecule has 2 aliphatic heterocycles. The van der Waals surface area contributed by atoms with Gasteiger partial charge in [0.05, 0.1) is 19.2 Å². The van der Waals surface area contributed by atoms with E-state index in [4.69, 9.17) is 4.74 Å². The summed E-state index contributed by atoms with van der Waals surface area (Å²) in [5.41, 5.74) is 2.16. The fourth-order valence-electron chi connectivity index (χ4n) is 4.49. The summed E-state index contributed by atoms with van der Waals surface area (Å²) in [6.07, 6.45) is 6.23. The van der Waals surface area contributed by atoms with E-state index in [1.807, 2.05) is 29.2 Å². The van der Waals surface area contributed by atoms with Crippen LogP contribution in [-0.4, -0.2) is 73.1 Å². The Kier molecular flexibility index (Phi) is 6.30. The van der Waals surface area contributed by atoms with E-state index in [9.17, 15) is 4.79 Å². The van der Waals surface area contributed by atoms with E-state index in [2.05, 4.69) is 26.9 Å². The summed E-state index contributed by atoms with van der Waals surface area (Å²) < 4.78 is 5.53. The molecule has 0 N–H and O–H groups in total. The Hall–Kier alpha value is -2.60. The molecule has 3 heterocycles. The molecule has 6 heteroatoms. The molecular weight excluding hydrogens is 364 g/mol. The summed E-state index contributed by atoms with van der Waals surface area (Å²) in [6.45, 7) is 5.73. The number of para-hydroxylation sites is 2. The molecule has 2 saturated heterocycles. The summed E-state index contributed by atoms with van der Waals surface area (Å²) in [5.74, 6) is 1.15. The molecule has 0 saturated carbocycles. The Morgan fingerprint density at radius 2 is 1.93 bits per heavy atom. The lowest BCUT2D eigenvalue weighted by Gasteiger charge is -2.44. The number of pyridine rings is 1. The van der Waals surface area contributed by atoms with E-state index < -0.39 is 0 Å². The molecule has 4 rings (SSSR count). The van der Waals surface area contributed by atoms with Crippen LogP contribution in [0.15, 0.2) is 48.8 Å². The summed E-state index contributed by atoms with van der Waals surface area (Å²) >= 11 is 0. The van der Waals surface area contributed by atoms with Crippen LogP contribution < -0.4 is 9.64 Å². The molecule has 2 fully saturated rings. The largest absolute Gasteiger partial charge is 0.495 e. The van der Waals surface area contributed by atoms with Gasteiger partial charge in [-0.25, -0.2) is 0 Å². The Bertz CT molecular complexity index is 806. The number of anilines is 1. The summed E-state index contributed by atoms with van der Waals surface area (Å²) in [5, 5.41) is 0. The van der Waals surface area contributed by atoms with E-state index in [0.717, 1.165) is 57.0 Å². The molecule has 0 unspecified atom stereocenters. The number of carbonyl (C=O) groups is 1. The molecule has 0 aliphatic carbocycles. The number of methoxy groups -OCH3 is 1. The van der Waals surface area contributed by atoms with Crippen LogP contribution in [0.1, 0.15) is 18.4 Å². The van der Waals surface area contributed by atoms with Crippen LogP contribution in [0, 0.1) is 0 Å². The van der Waals surface area contributed by atoms with Crippen molar-refractivity contribution in [3.05, 3.63) is 54.4 Å². The first-order chi connectivity index (χ1) is 14.2. The number of amides is 1. The minimum Gasteiger partial charge on any atom is -0.495 e. The highest BCUT2D eigenvalue weighted by atomic mass is 16.5. The van der Waals surface area contributed by atoms with Crippen molar-refractivity contribution >= 4 is 11.6 Å². The van der Waals surface area contributed by atoms with E-state index in [-0.39, 0.29) is 5.91 Å². The van der Waals surface area contributed by atoms with Crippen LogP contribution in [0.4, 0.5) is 5.69 Å². The number of likely N-dealkylation sites (tertiary alicyclic amines) is 1. The minimum absolute atomic E-state index is 0.218. The lowest BCUT2D eigenvalue weighted by atomic mass is 10.0. The molecular formula is C23H30N4O2. The van der Waals surface area contributed by atoms with Crippen LogP contribution in [0.3, 0.4) is 0 Å². The fourth-order valence-corrected chi connectivity index (χ4v) is 4.49. The lowest BCUT2D eigenvalue weighted by Crippen LogP contribution is -2.56. The van der Waals surface area contributed by atoms with Crippen LogP contribution in [0.5, 0.6) is 5.75 Å². The first kappa shape index (κ1) is 19.7. The second-order valence-corrected chi connectivity index (χ2v) is 7.87. The lowest BCUT2D eigenvalue weighted by molar-refractivity contribution is -0.132. The standard InChI is InChI=1S/C23H30N4O2/c1-29-22-9-3-2-8-21(22)26-14-12-25(13-15-26)20-7-5-11-27(18-20)23(28)16-19-6-4-10-24-17-19/h2-4,6,8-10,17,20H,5,7,11-16,18H2,1H3/t20-/m0/s1. The highest BCUT2D eigenvalue weighted by molar-refractivity contribution is 5.78. The Morgan fingerprint density at radius 1 is 1.10 bits per heavy atom. The van der Waals surface area contributed by atoms with Crippen molar-refractivity contribution < 1.29 is 9.53 Å². The van der Waals surface area contributed by atoms with Crippen LogP contribution in [-0.2, 0) is 11.2 Å². The van der Waals surface area contributed by atoms with Crippen molar-refractivity contribution in [2.45, 2.75) is 25.3 Å². The first-order valence-electron chi connectivity index (χ1n) is 10.5. The summed E-state index contributed by atoms with van der Waals surface area (Å²) in [6, 6.07) is 12.6. The predicted octanol–water partition coefficient (Wildman–Crippen LogP) is 2.45. The topological polar surface area (TPSA) is 48.9 Å². The molecule has 1 amide bonds. The number of aromatic nitrogens is 1. The van der Waals surface area contributed by atoms with Gasteiger partial charge in [-0.2, -0.15) is 0 Å². The second-order valence-electron chi connectivity index (χ2n) is 7.87. The molecule has 1 aromatic carbocycles. The van der Waals surface area contributed by atoms with E-state index in [1.54, 1.807) is 19.5 Å². The molecule has 1 atom stereocenters. The number of piperidine rings is 1. The number of ether oxygens (including phenoxy) is 1. The molecule has 0 spiro atoms. The zero-order valence-corrected chi connectivity index (χ0v) is 17.2. The van der Waals surface area contributed by atoms with Gasteiger partial charge in [-0.1, -0.05) is 18.2 Å². The number of carbonyl (C=O) groups excluding carboxylic acids is 1. The molecule has 6 nitrogen and oxygen atoms in total. The third-order valence-electron chi connectivity index (χ3n) is 6.08. The van der Waals surface area contributed by atoms with Crippen molar-refractivity contribution in [1.82, 2.24) is 14.8 Å². The maximum Gasteiger partial charge on any atom is 0.227 e. The van der Waals surface area contributed by atoms with Gasteiger partial charge in [-0.15, -0.1) is 0 Å². The molecule has 2 aromatic rings. The smallest absolute Gasteiger partial charge is 0.227 e. The summed E-state index contributed by atoms with van der Waals surface area (Å²) in [7, 11) is 1.73. The van der Waals surface area contributed by atoms with Crippen molar-refractivity contribution in [3.8, 4) is 5.75 Å². The molecule has 0 bridgehead atoms. The Labute approximate surface area is 173 Å². The fraction of sp³-hybridized carbons (Fsp3) is 0.478. The quantitative estimate of drug-likeness (QED) is 0.780. The van der Waals surface area contributed by atoms with Gasteiger partial charge < -0.3 is 14.5 Å². The average Bonchev–Trinajstić information content (AvgIpc) is 2.80. The maximum atomic E-state index is 12.8. The van der Waals surface area contributed by atoms with Crippen LogP contribution >= 0.6 is 0 Å². The number of rotatable bonds is 5. The SMILES string of the molecule is COc1ccccc1N1CCN([C@H]2CCCN(C(=O)Cc3cccnc3)C2)CC1. The molecule has 154 valence electrons. The van der Waals surface area contributed by atoms with E-state index >= 15 is 0 Å². The molecule has 29 heavy (non-hydrogen) atoms. The third kappa shape index (κ3) is 4.70. The number of piperazine rings is 1. The van der Waals surface area contributed by atoms with Crippen molar-refractivity contribution in [2.75, 3.05) is 51.3 Å². The molecule has 0 radical (unpaired) electrons. The van der Waals surface area contributed by atoms with Crippen LogP contribution in [0.2, 0.25) is 0 Å². The average molecular weight is 395 g/mol. The van der Waals surface area contributed by atoms with E-state index in [0.29, 0.717) is 12.5 Å². The number of hydrogen-bond donors (Lipinski definition) is 0.